The van der Waals surface area contributed by atoms with Gasteiger partial charge in [-0.05, 0) is 46.2 Å². The number of carboxylic acid groups (broad SMARTS) is 1. The van der Waals surface area contributed by atoms with Gasteiger partial charge in [0.1, 0.15) is 5.54 Å². The van der Waals surface area contributed by atoms with Crippen molar-refractivity contribution in [3.8, 4) is 0 Å². The lowest BCUT2D eigenvalue weighted by Gasteiger charge is -2.22. The molecule has 0 fully saturated rings. The van der Waals surface area contributed by atoms with E-state index in [0.717, 1.165) is 17.0 Å². The lowest BCUT2D eigenvalue weighted by molar-refractivity contribution is -0.143. The van der Waals surface area contributed by atoms with Crippen molar-refractivity contribution in [2.75, 3.05) is 0 Å². The van der Waals surface area contributed by atoms with E-state index in [4.69, 9.17) is 0 Å². The number of nitrogens with zero attached hydrogens (tertiary/aromatic N) is 1. The van der Waals surface area contributed by atoms with Crippen LogP contribution in [0, 0.1) is 13.8 Å². The minimum absolute atomic E-state index is 0.0835. The highest BCUT2D eigenvalue weighted by Gasteiger charge is 2.30. The van der Waals surface area contributed by atoms with E-state index in [1.807, 2.05) is 38.1 Å². The molecule has 1 heterocycles. The highest BCUT2D eigenvalue weighted by Crippen LogP contribution is 2.25. The molecule has 128 valence electrons. The zero-order valence-corrected chi connectivity index (χ0v) is 14.8. The summed E-state index contributed by atoms with van der Waals surface area (Å²) in [5, 5.41) is 11.8. The van der Waals surface area contributed by atoms with E-state index < -0.39 is 11.5 Å². The summed E-state index contributed by atoms with van der Waals surface area (Å²) in [4.78, 5) is 23.7. The fourth-order valence-electron chi connectivity index (χ4n) is 2.89. The smallest absolute Gasteiger partial charge is 0.328 e. The summed E-state index contributed by atoms with van der Waals surface area (Å²) >= 11 is 0. The van der Waals surface area contributed by atoms with Crippen molar-refractivity contribution in [3.05, 3.63) is 58.9 Å². The molecule has 0 bridgehead atoms. The number of nitrogens with one attached hydrogen (secondary N) is 1. The van der Waals surface area contributed by atoms with E-state index in [1.54, 1.807) is 0 Å². The molecule has 0 spiro atoms. The molecule has 0 saturated heterocycles. The van der Waals surface area contributed by atoms with Gasteiger partial charge < -0.3 is 15.0 Å². The molecular weight excluding hydrogens is 304 g/mol. The second-order valence-electron chi connectivity index (χ2n) is 6.63. The molecule has 0 radical (unpaired) electrons. The second kappa shape index (κ2) is 6.51. The normalized spacial score (nSPS) is 12.7. The summed E-state index contributed by atoms with van der Waals surface area (Å²) in [5.41, 5.74) is 2.12. The Bertz CT molecular complexity index is 760. The van der Waals surface area contributed by atoms with Crippen molar-refractivity contribution in [2.24, 2.45) is 0 Å². The molecule has 0 aliphatic heterocycles. The van der Waals surface area contributed by atoms with Crippen molar-refractivity contribution in [1.82, 2.24) is 9.88 Å². The van der Waals surface area contributed by atoms with Gasteiger partial charge in [-0.15, -0.1) is 0 Å². The molecule has 1 atom stereocenters. The number of aromatic nitrogens is 1. The fraction of sp³-hybridized carbons (Fsp3) is 0.368. The summed E-state index contributed by atoms with van der Waals surface area (Å²) in [6.45, 7) is 8.86. The van der Waals surface area contributed by atoms with Gasteiger partial charge in [-0.3, -0.25) is 4.79 Å². The predicted octanol–water partition coefficient (Wildman–Crippen LogP) is 3.31. The van der Waals surface area contributed by atoms with Crippen molar-refractivity contribution in [3.63, 3.8) is 0 Å². The van der Waals surface area contributed by atoms with Gasteiger partial charge in [0.05, 0.1) is 11.6 Å². The van der Waals surface area contributed by atoms with Crippen LogP contribution < -0.4 is 5.32 Å². The van der Waals surface area contributed by atoms with Crippen LogP contribution in [-0.4, -0.2) is 27.1 Å². The molecule has 2 rings (SSSR count). The Morgan fingerprint density at radius 2 is 1.75 bits per heavy atom. The maximum atomic E-state index is 12.5. The van der Waals surface area contributed by atoms with Crippen LogP contribution in [0.4, 0.5) is 0 Å². The van der Waals surface area contributed by atoms with E-state index in [2.05, 4.69) is 28.9 Å². The molecule has 1 amide bonds. The minimum atomic E-state index is -1.31. The third-order valence-electron chi connectivity index (χ3n) is 4.36. The maximum absolute atomic E-state index is 12.5. The first kappa shape index (κ1) is 17.8. The Balaban J connectivity index is 2.36. The zero-order chi connectivity index (χ0) is 18.1. The average Bonchev–Trinajstić information content (AvgIpc) is 2.82. The molecule has 1 aromatic heterocycles. The van der Waals surface area contributed by atoms with E-state index >= 15 is 0 Å². The summed E-state index contributed by atoms with van der Waals surface area (Å²) in [6, 6.07) is 11.9. The number of carboxylic acids is 1. The average molecular weight is 328 g/mol. The van der Waals surface area contributed by atoms with Gasteiger partial charge in [0, 0.05) is 11.4 Å². The first-order valence-corrected chi connectivity index (χ1v) is 7.94. The molecule has 2 aromatic rings. The molecule has 1 unspecified atom stereocenters. The third-order valence-corrected chi connectivity index (χ3v) is 4.36. The lowest BCUT2D eigenvalue weighted by atomic mass is 10.1. The Kier molecular flexibility index (Phi) is 4.83. The van der Waals surface area contributed by atoms with Crippen molar-refractivity contribution >= 4 is 11.9 Å². The summed E-state index contributed by atoms with van der Waals surface area (Å²) in [6.07, 6.45) is 0. The zero-order valence-electron chi connectivity index (χ0n) is 14.8. The molecule has 0 aliphatic carbocycles. The van der Waals surface area contributed by atoms with Crippen molar-refractivity contribution < 1.29 is 14.7 Å². The SMILES string of the molecule is Cc1cc(C(=O)NC(C)(C)C(=O)O)c(C)n1C(C)c1ccccc1. The summed E-state index contributed by atoms with van der Waals surface area (Å²) in [7, 11) is 0. The van der Waals surface area contributed by atoms with Crippen LogP contribution in [0.5, 0.6) is 0 Å². The summed E-state index contributed by atoms with van der Waals surface area (Å²) < 4.78 is 2.10. The fourth-order valence-corrected chi connectivity index (χ4v) is 2.89. The van der Waals surface area contributed by atoms with E-state index in [9.17, 15) is 14.7 Å². The predicted molar refractivity (Wildman–Crippen MR) is 93.3 cm³/mol. The van der Waals surface area contributed by atoms with Gasteiger partial charge in [-0.1, -0.05) is 30.3 Å². The minimum Gasteiger partial charge on any atom is -0.480 e. The topological polar surface area (TPSA) is 71.3 Å². The molecule has 5 heteroatoms. The Labute approximate surface area is 142 Å². The highest BCUT2D eigenvalue weighted by molar-refractivity contribution is 5.98. The maximum Gasteiger partial charge on any atom is 0.328 e. The molecule has 5 nitrogen and oxygen atoms in total. The van der Waals surface area contributed by atoms with Crippen LogP contribution >= 0.6 is 0 Å². The number of aryl methyl sites for hydroxylation is 1. The molecule has 0 saturated carbocycles. The first-order valence-electron chi connectivity index (χ1n) is 7.94. The first-order chi connectivity index (χ1) is 11.1. The highest BCUT2D eigenvalue weighted by atomic mass is 16.4. The molecule has 24 heavy (non-hydrogen) atoms. The monoisotopic (exact) mass is 328 g/mol. The largest absolute Gasteiger partial charge is 0.480 e. The Morgan fingerprint density at radius 1 is 1.17 bits per heavy atom. The Hall–Kier alpha value is -2.56. The molecular formula is C19H24N2O3. The number of hydrogen-bond acceptors (Lipinski definition) is 2. The second-order valence-corrected chi connectivity index (χ2v) is 6.63. The lowest BCUT2D eigenvalue weighted by Crippen LogP contribution is -2.49. The van der Waals surface area contributed by atoms with E-state index in [0.29, 0.717) is 5.56 Å². The van der Waals surface area contributed by atoms with Crippen LogP contribution in [0.2, 0.25) is 0 Å². The number of hydrogen-bond donors (Lipinski definition) is 2. The van der Waals surface area contributed by atoms with Gasteiger partial charge >= 0.3 is 5.97 Å². The van der Waals surface area contributed by atoms with Crippen LogP contribution in [-0.2, 0) is 4.79 Å². The van der Waals surface area contributed by atoms with Crippen LogP contribution in [0.25, 0.3) is 0 Å². The Morgan fingerprint density at radius 3 is 2.29 bits per heavy atom. The van der Waals surface area contributed by atoms with Crippen molar-refractivity contribution in [2.45, 2.75) is 46.2 Å². The number of rotatable bonds is 5. The van der Waals surface area contributed by atoms with Crippen LogP contribution in [0.1, 0.15) is 54.1 Å². The molecule has 1 aromatic carbocycles. The number of benzene rings is 1. The van der Waals surface area contributed by atoms with Crippen LogP contribution in [0.3, 0.4) is 0 Å². The third kappa shape index (κ3) is 3.35. The summed E-state index contributed by atoms with van der Waals surface area (Å²) in [5.74, 6) is -1.44. The standard InChI is InChI=1S/C19H24N2O3/c1-12-11-16(17(22)20-19(4,5)18(23)24)14(3)21(12)13(2)15-9-7-6-8-10-15/h6-11,13H,1-5H3,(H,20,22)(H,23,24). The van der Waals surface area contributed by atoms with Crippen LogP contribution in [0.15, 0.2) is 36.4 Å². The number of aliphatic carboxylic acids is 1. The van der Waals surface area contributed by atoms with Gasteiger partial charge in [0.25, 0.3) is 5.91 Å². The van der Waals surface area contributed by atoms with Crippen molar-refractivity contribution in [1.29, 1.82) is 0 Å². The molecule has 0 aliphatic rings. The molecule has 2 N–H and O–H groups in total. The van der Waals surface area contributed by atoms with Gasteiger partial charge in [-0.2, -0.15) is 0 Å². The number of carbonyl (C=O) groups excluding carboxylic acids is 1. The van der Waals surface area contributed by atoms with Gasteiger partial charge in [0.2, 0.25) is 0 Å². The van der Waals surface area contributed by atoms with Gasteiger partial charge in [0.15, 0.2) is 0 Å². The number of carbonyl (C=O) groups is 2. The van der Waals surface area contributed by atoms with E-state index in [1.165, 1.54) is 13.8 Å². The quantitative estimate of drug-likeness (QED) is 0.884. The van der Waals surface area contributed by atoms with E-state index in [-0.39, 0.29) is 11.9 Å². The number of amides is 1. The van der Waals surface area contributed by atoms with Gasteiger partial charge in [-0.25, -0.2) is 4.79 Å².